The molecule has 96 valence electrons. The minimum Gasteiger partial charge on any atom is -0.396 e. The Hall–Kier alpha value is -0.120. The standard InChI is InChI=1S/C13H26O3/c1-2-3-4-5-9-13-15-11-12(16-13)8-6-7-10-14/h12-14H,2-11H2,1H3/t12-,13-/m1/s1. The van der Waals surface area contributed by atoms with Crippen LogP contribution in [0, 0.1) is 0 Å². The van der Waals surface area contributed by atoms with Crippen molar-refractivity contribution in [1.29, 1.82) is 0 Å². The molecule has 0 saturated carbocycles. The molecule has 1 rings (SSSR count). The first-order valence-corrected chi connectivity index (χ1v) is 6.74. The van der Waals surface area contributed by atoms with Crippen LogP contribution in [0.5, 0.6) is 0 Å². The van der Waals surface area contributed by atoms with Crippen LogP contribution in [0.1, 0.15) is 58.3 Å². The van der Waals surface area contributed by atoms with E-state index in [-0.39, 0.29) is 19.0 Å². The molecule has 0 unspecified atom stereocenters. The van der Waals surface area contributed by atoms with Gasteiger partial charge in [0, 0.05) is 6.61 Å². The van der Waals surface area contributed by atoms with Crippen molar-refractivity contribution in [1.82, 2.24) is 0 Å². The molecule has 3 nitrogen and oxygen atoms in total. The Morgan fingerprint density at radius 3 is 2.62 bits per heavy atom. The van der Waals surface area contributed by atoms with Crippen molar-refractivity contribution in [2.24, 2.45) is 0 Å². The van der Waals surface area contributed by atoms with E-state index < -0.39 is 0 Å². The van der Waals surface area contributed by atoms with Crippen molar-refractivity contribution in [3.8, 4) is 0 Å². The first-order chi connectivity index (χ1) is 7.86. The lowest BCUT2D eigenvalue weighted by atomic mass is 10.1. The van der Waals surface area contributed by atoms with Crippen molar-refractivity contribution in [2.45, 2.75) is 70.7 Å². The number of unbranched alkanes of at least 4 members (excludes halogenated alkanes) is 4. The fourth-order valence-electron chi connectivity index (χ4n) is 2.03. The molecule has 2 atom stereocenters. The molecular formula is C13H26O3. The number of hydrogen-bond acceptors (Lipinski definition) is 3. The summed E-state index contributed by atoms with van der Waals surface area (Å²) in [4.78, 5) is 0. The van der Waals surface area contributed by atoms with Crippen LogP contribution in [0.25, 0.3) is 0 Å². The van der Waals surface area contributed by atoms with E-state index in [4.69, 9.17) is 14.6 Å². The molecule has 0 spiro atoms. The van der Waals surface area contributed by atoms with Crippen LogP contribution in [0.3, 0.4) is 0 Å². The van der Waals surface area contributed by atoms with Gasteiger partial charge in [0.2, 0.25) is 0 Å². The van der Waals surface area contributed by atoms with Gasteiger partial charge in [-0.05, 0) is 32.1 Å². The number of hydrogen-bond donors (Lipinski definition) is 1. The van der Waals surface area contributed by atoms with Crippen LogP contribution in [0.4, 0.5) is 0 Å². The SMILES string of the molecule is CCCCCC[C@@H]1OC[C@@H](CCCCO)O1. The number of ether oxygens (including phenoxy) is 2. The summed E-state index contributed by atoms with van der Waals surface area (Å²) in [6.07, 6.45) is 9.36. The smallest absolute Gasteiger partial charge is 0.158 e. The topological polar surface area (TPSA) is 38.7 Å². The Kier molecular flexibility index (Phi) is 7.81. The summed E-state index contributed by atoms with van der Waals surface area (Å²) >= 11 is 0. The highest BCUT2D eigenvalue weighted by atomic mass is 16.7. The molecule has 1 fully saturated rings. The van der Waals surface area contributed by atoms with E-state index in [1.165, 1.54) is 25.7 Å². The fourth-order valence-corrected chi connectivity index (χ4v) is 2.03. The highest BCUT2D eigenvalue weighted by Crippen LogP contribution is 2.20. The summed E-state index contributed by atoms with van der Waals surface area (Å²) in [6.45, 7) is 3.25. The second-order valence-electron chi connectivity index (χ2n) is 4.59. The Balaban J connectivity index is 1.97. The van der Waals surface area contributed by atoms with Crippen LogP contribution in [-0.4, -0.2) is 30.7 Å². The molecule has 0 aromatic carbocycles. The van der Waals surface area contributed by atoms with E-state index in [0.717, 1.165) is 32.3 Å². The van der Waals surface area contributed by atoms with Gasteiger partial charge < -0.3 is 14.6 Å². The molecule has 0 aromatic rings. The molecule has 16 heavy (non-hydrogen) atoms. The third kappa shape index (κ3) is 5.83. The van der Waals surface area contributed by atoms with Gasteiger partial charge in [-0.1, -0.05) is 26.2 Å². The van der Waals surface area contributed by atoms with Gasteiger partial charge in [-0.25, -0.2) is 0 Å². The Bertz CT molecular complexity index is 161. The summed E-state index contributed by atoms with van der Waals surface area (Å²) in [5, 5.41) is 8.69. The third-order valence-electron chi connectivity index (χ3n) is 3.04. The van der Waals surface area contributed by atoms with Crippen LogP contribution < -0.4 is 0 Å². The zero-order valence-electron chi connectivity index (χ0n) is 10.5. The predicted molar refractivity (Wildman–Crippen MR) is 64.3 cm³/mol. The second kappa shape index (κ2) is 8.97. The van der Waals surface area contributed by atoms with Crippen molar-refractivity contribution >= 4 is 0 Å². The number of rotatable bonds is 9. The summed E-state index contributed by atoms with van der Waals surface area (Å²) < 4.78 is 11.4. The summed E-state index contributed by atoms with van der Waals surface area (Å²) in [5.74, 6) is 0. The van der Waals surface area contributed by atoms with Crippen LogP contribution in [-0.2, 0) is 9.47 Å². The van der Waals surface area contributed by atoms with Gasteiger partial charge in [-0.2, -0.15) is 0 Å². The van der Waals surface area contributed by atoms with Gasteiger partial charge >= 0.3 is 0 Å². The molecule has 1 aliphatic rings. The highest BCUT2D eigenvalue weighted by Gasteiger charge is 2.24. The highest BCUT2D eigenvalue weighted by molar-refractivity contribution is 4.65. The molecule has 0 aliphatic carbocycles. The second-order valence-corrected chi connectivity index (χ2v) is 4.59. The maximum absolute atomic E-state index is 8.69. The van der Waals surface area contributed by atoms with Crippen molar-refractivity contribution in [3.63, 3.8) is 0 Å². The molecule has 0 bridgehead atoms. The predicted octanol–water partition coefficient (Wildman–Crippen LogP) is 2.86. The lowest BCUT2D eigenvalue weighted by molar-refractivity contribution is -0.0644. The average molecular weight is 230 g/mol. The monoisotopic (exact) mass is 230 g/mol. The Morgan fingerprint density at radius 1 is 1.06 bits per heavy atom. The van der Waals surface area contributed by atoms with Gasteiger partial charge in [0.1, 0.15) is 0 Å². The quantitative estimate of drug-likeness (QED) is 0.619. The summed E-state index contributed by atoms with van der Waals surface area (Å²) in [7, 11) is 0. The number of aliphatic hydroxyl groups is 1. The first-order valence-electron chi connectivity index (χ1n) is 6.74. The van der Waals surface area contributed by atoms with Crippen molar-refractivity contribution < 1.29 is 14.6 Å². The lowest BCUT2D eigenvalue weighted by Crippen LogP contribution is -2.12. The Morgan fingerprint density at radius 2 is 1.88 bits per heavy atom. The summed E-state index contributed by atoms with van der Waals surface area (Å²) in [6, 6.07) is 0. The number of aliphatic hydroxyl groups excluding tert-OH is 1. The maximum Gasteiger partial charge on any atom is 0.158 e. The van der Waals surface area contributed by atoms with Crippen LogP contribution in [0.2, 0.25) is 0 Å². The average Bonchev–Trinajstić information content (AvgIpc) is 2.73. The lowest BCUT2D eigenvalue weighted by Gasteiger charge is -2.10. The minimum absolute atomic E-state index is 0.0379. The van der Waals surface area contributed by atoms with E-state index in [9.17, 15) is 0 Å². The van der Waals surface area contributed by atoms with Gasteiger partial charge in [0.05, 0.1) is 12.7 Å². The largest absolute Gasteiger partial charge is 0.396 e. The van der Waals surface area contributed by atoms with E-state index in [1.807, 2.05) is 0 Å². The molecule has 1 saturated heterocycles. The van der Waals surface area contributed by atoms with E-state index in [0.29, 0.717) is 0 Å². The first kappa shape index (κ1) is 13.9. The zero-order chi connectivity index (χ0) is 11.6. The van der Waals surface area contributed by atoms with Gasteiger partial charge in [0.15, 0.2) is 6.29 Å². The van der Waals surface area contributed by atoms with Crippen LogP contribution >= 0.6 is 0 Å². The molecule has 1 heterocycles. The van der Waals surface area contributed by atoms with Crippen LogP contribution in [0.15, 0.2) is 0 Å². The van der Waals surface area contributed by atoms with E-state index in [2.05, 4.69) is 6.92 Å². The maximum atomic E-state index is 8.69. The van der Waals surface area contributed by atoms with E-state index >= 15 is 0 Å². The van der Waals surface area contributed by atoms with Gasteiger partial charge in [-0.15, -0.1) is 0 Å². The molecule has 0 aromatic heterocycles. The molecular weight excluding hydrogens is 204 g/mol. The zero-order valence-corrected chi connectivity index (χ0v) is 10.5. The fraction of sp³-hybridized carbons (Fsp3) is 1.00. The Labute approximate surface area is 99.1 Å². The molecule has 1 N–H and O–H groups in total. The minimum atomic E-state index is 0.0379. The molecule has 1 aliphatic heterocycles. The normalized spacial score (nSPS) is 25.1. The van der Waals surface area contributed by atoms with Crippen molar-refractivity contribution in [2.75, 3.05) is 13.2 Å². The molecule has 0 amide bonds. The van der Waals surface area contributed by atoms with Gasteiger partial charge in [0.25, 0.3) is 0 Å². The van der Waals surface area contributed by atoms with Gasteiger partial charge in [-0.3, -0.25) is 0 Å². The van der Waals surface area contributed by atoms with E-state index in [1.54, 1.807) is 0 Å². The van der Waals surface area contributed by atoms with Crippen molar-refractivity contribution in [3.05, 3.63) is 0 Å². The third-order valence-corrected chi connectivity index (χ3v) is 3.04. The molecule has 0 radical (unpaired) electrons. The molecule has 3 heteroatoms. The summed E-state index contributed by atoms with van der Waals surface area (Å²) in [5.41, 5.74) is 0.